The average Bonchev–Trinajstić information content (AvgIpc) is 2.74. The molecule has 0 saturated carbocycles. The van der Waals surface area contributed by atoms with Gasteiger partial charge in [-0.3, -0.25) is 0 Å². The number of rotatable bonds is 4. The molecule has 0 aromatic carbocycles. The summed E-state index contributed by atoms with van der Waals surface area (Å²) in [4.78, 5) is 11.2. The number of nitrogen functional groups attached to an aromatic ring is 1. The van der Waals surface area contributed by atoms with Gasteiger partial charge in [-0.2, -0.15) is 0 Å². The van der Waals surface area contributed by atoms with E-state index in [1.807, 2.05) is 12.1 Å². The smallest absolute Gasteiger partial charge is 0.197 e. The van der Waals surface area contributed by atoms with Gasteiger partial charge in [0.2, 0.25) is 0 Å². The first-order chi connectivity index (χ1) is 7.79. The van der Waals surface area contributed by atoms with Crippen molar-refractivity contribution in [2.45, 2.75) is 13.3 Å². The molecule has 16 heavy (non-hydrogen) atoms. The van der Waals surface area contributed by atoms with E-state index in [1.165, 1.54) is 0 Å². The fourth-order valence-corrected chi connectivity index (χ4v) is 1.43. The minimum absolute atomic E-state index is 0.426. The number of imidazole rings is 1. The molecule has 2 aromatic rings. The molecule has 0 amide bonds. The van der Waals surface area contributed by atoms with Crippen LogP contribution in [0.1, 0.15) is 13.3 Å². The Labute approximate surface area is 94.1 Å². The number of aromatic amines is 1. The zero-order valence-corrected chi connectivity index (χ0v) is 9.20. The topological polar surface area (TPSA) is 79.6 Å². The molecule has 4 N–H and O–H groups in total. The number of hydrogen-bond donors (Lipinski definition) is 3. The third-order valence-corrected chi connectivity index (χ3v) is 2.22. The molecule has 0 aliphatic rings. The van der Waals surface area contributed by atoms with E-state index in [-0.39, 0.29) is 0 Å². The van der Waals surface area contributed by atoms with Gasteiger partial charge in [-0.1, -0.05) is 6.92 Å². The first-order valence-electron chi connectivity index (χ1n) is 5.30. The molecule has 2 heterocycles. The van der Waals surface area contributed by atoms with Crippen LogP contribution in [0.25, 0.3) is 11.3 Å². The molecular weight excluding hydrogens is 202 g/mol. The summed E-state index contributed by atoms with van der Waals surface area (Å²) in [6, 6.07) is 3.90. The molecule has 0 aliphatic heterocycles. The van der Waals surface area contributed by atoms with Gasteiger partial charge in [-0.25, -0.2) is 9.97 Å². The van der Waals surface area contributed by atoms with Gasteiger partial charge in [0, 0.05) is 18.3 Å². The molecule has 84 valence electrons. The molecule has 0 fully saturated rings. The Morgan fingerprint density at radius 1 is 1.44 bits per heavy atom. The molecule has 0 unspecified atom stereocenters. The number of aromatic nitrogens is 3. The molecule has 0 aliphatic carbocycles. The van der Waals surface area contributed by atoms with E-state index in [4.69, 9.17) is 5.73 Å². The summed E-state index contributed by atoms with van der Waals surface area (Å²) in [5.74, 6) is 1.29. The number of nitrogens with two attached hydrogens (primary N) is 1. The standard InChI is InChI=1S/C11H15N5/c1-2-4-13-10-6-8(3-5-14-10)9-7-15-11(12)16-9/h3,5-7H,2,4H2,1H3,(H,13,14)(H3,12,15,16). The van der Waals surface area contributed by atoms with Crippen LogP contribution in [0.5, 0.6) is 0 Å². The molecule has 0 radical (unpaired) electrons. The predicted octanol–water partition coefficient (Wildman–Crippen LogP) is 1.88. The van der Waals surface area contributed by atoms with Crippen LogP contribution < -0.4 is 11.1 Å². The normalized spacial score (nSPS) is 10.3. The number of pyridine rings is 1. The molecule has 5 heteroatoms. The number of nitrogens with zero attached hydrogens (tertiary/aromatic N) is 2. The lowest BCUT2D eigenvalue weighted by atomic mass is 10.2. The third kappa shape index (κ3) is 2.31. The zero-order chi connectivity index (χ0) is 11.4. The highest BCUT2D eigenvalue weighted by atomic mass is 15.0. The minimum Gasteiger partial charge on any atom is -0.370 e. The predicted molar refractivity (Wildman–Crippen MR) is 65.0 cm³/mol. The van der Waals surface area contributed by atoms with Crippen molar-refractivity contribution >= 4 is 11.8 Å². The van der Waals surface area contributed by atoms with E-state index in [0.717, 1.165) is 30.0 Å². The summed E-state index contributed by atoms with van der Waals surface area (Å²) in [5, 5.41) is 3.23. The Hall–Kier alpha value is -2.04. The lowest BCUT2D eigenvalue weighted by Gasteiger charge is -2.04. The van der Waals surface area contributed by atoms with E-state index >= 15 is 0 Å². The van der Waals surface area contributed by atoms with Crippen LogP contribution in [0.4, 0.5) is 11.8 Å². The van der Waals surface area contributed by atoms with Crippen LogP contribution in [0, 0.1) is 0 Å². The maximum Gasteiger partial charge on any atom is 0.197 e. The molecular formula is C11H15N5. The van der Waals surface area contributed by atoms with E-state index in [0.29, 0.717) is 5.95 Å². The Kier molecular flexibility index (Phi) is 3.05. The lowest BCUT2D eigenvalue weighted by Crippen LogP contribution is -2.01. The first kappa shape index (κ1) is 10.5. The maximum atomic E-state index is 5.54. The fraction of sp³-hybridized carbons (Fsp3) is 0.273. The van der Waals surface area contributed by atoms with Crippen molar-refractivity contribution < 1.29 is 0 Å². The summed E-state index contributed by atoms with van der Waals surface area (Å²) in [6.07, 6.45) is 4.56. The van der Waals surface area contributed by atoms with Gasteiger partial charge < -0.3 is 16.0 Å². The van der Waals surface area contributed by atoms with Crippen LogP contribution >= 0.6 is 0 Å². The van der Waals surface area contributed by atoms with Crippen LogP contribution in [0.15, 0.2) is 24.5 Å². The number of hydrogen-bond acceptors (Lipinski definition) is 4. The van der Waals surface area contributed by atoms with Crippen molar-refractivity contribution in [3.63, 3.8) is 0 Å². The minimum atomic E-state index is 0.426. The highest BCUT2D eigenvalue weighted by Gasteiger charge is 2.02. The highest BCUT2D eigenvalue weighted by molar-refractivity contribution is 5.63. The van der Waals surface area contributed by atoms with Gasteiger partial charge in [-0.15, -0.1) is 0 Å². The van der Waals surface area contributed by atoms with Crippen molar-refractivity contribution in [1.82, 2.24) is 15.0 Å². The number of nitrogens with one attached hydrogen (secondary N) is 2. The molecule has 0 atom stereocenters. The number of anilines is 2. The summed E-state index contributed by atoms with van der Waals surface area (Å²) in [6.45, 7) is 3.04. The zero-order valence-electron chi connectivity index (χ0n) is 9.20. The summed E-state index contributed by atoms with van der Waals surface area (Å²) >= 11 is 0. The van der Waals surface area contributed by atoms with E-state index < -0.39 is 0 Å². The van der Waals surface area contributed by atoms with Crippen molar-refractivity contribution in [3.8, 4) is 11.3 Å². The second-order valence-corrected chi connectivity index (χ2v) is 3.54. The summed E-state index contributed by atoms with van der Waals surface area (Å²) in [7, 11) is 0. The Morgan fingerprint density at radius 2 is 2.31 bits per heavy atom. The van der Waals surface area contributed by atoms with E-state index in [2.05, 4.69) is 27.2 Å². The van der Waals surface area contributed by atoms with Gasteiger partial charge in [0.1, 0.15) is 5.82 Å². The fourth-order valence-electron chi connectivity index (χ4n) is 1.43. The van der Waals surface area contributed by atoms with Crippen LogP contribution in [0.2, 0.25) is 0 Å². The van der Waals surface area contributed by atoms with Crippen LogP contribution in [-0.2, 0) is 0 Å². The van der Waals surface area contributed by atoms with Gasteiger partial charge in [-0.05, 0) is 18.6 Å². The summed E-state index contributed by atoms with van der Waals surface area (Å²) < 4.78 is 0. The van der Waals surface area contributed by atoms with Crippen molar-refractivity contribution in [2.75, 3.05) is 17.6 Å². The summed E-state index contributed by atoms with van der Waals surface area (Å²) in [5.41, 5.74) is 7.46. The van der Waals surface area contributed by atoms with Crippen LogP contribution in [0.3, 0.4) is 0 Å². The Bertz CT molecular complexity index is 463. The Morgan fingerprint density at radius 3 is 3.00 bits per heavy atom. The lowest BCUT2D eigenvalue weighted by molar-refractivity contribution is 0.969. The highest BCUT2D eigenvalue weighted by Crippen LogP contribution is 2.19. The van der Waals surface area contributed by atoms with Gasteiger partial charge in [0.05, 0.1) is 11.9 Å². The second kappa shape index (κ2) is 4.65. The van der Waals surface area contributed by atoms with Crippen molar-refractivity contribution in [1.29, 1.82) is 0 Å². The van der Waals surface area contributed by atoms with Crippen LogP contribution in [-0.4, -0.2) is 21.5 Å². The number of H-pyrrole nitrogens is 1. The first-order valence-corrected chi connectivity index (χ1v) is 5.30. The van der Waals surface area contributed by atoms with Crippen molar-refractivity contribution in [3.05, 3.63) is 24.5 Å². The second-order valence-electron chi connectivity index (χ2n) is 3.54. The van der Waals surface area contributed by atoms with Gasteiger partial charge in [0.25, 0.3) is 0 Å². The largest absolute Gasteiger partial charge is 0.370 e. The van der Waals surface area contributed by atoms with E-state index in [1.54, 1.807) is 12.4 Å². The molecule has 2 rings (SSSR count). The van der Waals surface area contributed by atoms with E-state index in [9.17, 15) is 0 Å². The average molecular weight is 217 g/mol. The van der Waals surface area contributed by atoms with Gasteiger partial charge >= 0.3 is 0 Å². The van der Waals surface area contributed by atoms with Crippen molar-refractivity contribution in [2.24, 2.45) is 0 Å². The maximum absolute atomic E-state index is 5.54. The Balaban J connectivity index is 2.22. The molecule has 5 nitrogen and oxygen atoms in total. The molecule has 0 saturated heterocycles. The van der Waals surface area contributed by atoms with Gasteiger partial charge in [0.15, 0.2) is 5.95 Å². The molecule has 0 bridgehead atoms. The molecule has 2 aromatic heterocycles. The third-order valence-electron chi connectivity index (χ3n) is 2.22. The molecule has 0 spiro atoms. The quantitative estimate of drug-likeness (QED) is 0.730. The SMILES string of the molecule is CCCNc1cc(-c2cnc(N)[nH]2)ccn1. The monoisotopic (exact) mass is 217 g/mol.